The first kappa shape index (κ1) is 46.4. The largest absolute Gasteiger partial charge is 0.394 e. The van der Waals surface area contributed by atoms with Gasteiger partial charge in [-0.15, -0.1) is 0 Å². The lowest BCUT2D eigenvalue weighted by molar-refractivity contribution is -0.302. The third kappa shape index (κ3) is 23.1. The summed E-state index contributed by atoms with van der Waals surface area (Å²) in [6.07, 6.45) is 30.4. The highest BCUT2D eigenvalue weighted by Gasteiger charge is 2.44. The molecule has 0 aromatic carbocycles. The van der Waals surface area contributed by atoms with E-state index in [1.165, 1.54) is 83.5 Å². The fraction of sp³-hybridized carbons (Fsp3) is 0.829. The van der Waals surface area contributed by atoms with Gasteiger partial charge in [-0.3, -0.25) is 4.79 Å². The first-order chi connectivity index (χ1) is 24.3. The van der Waals surface area contributed by atoms with Crippen LogP contribution in [0.3, 0.4) is 0 Å². The van der Waals surface area contributed by atoms with Crippen LogP contribution in [-0.4, -0.2) is 87.5 Å². The predicted molar refractivity (Wildman–Crippen MR) is 203 cm³/mol. The van der Waals surface area contributed by atoms with Crippen molar-refractivity contribution in [2.45, 2.75) is 204 Å². The molecule has 1 fully saturated rings. The average Bonchev–Trinajstić information content (AvgIpc) is 3.11. The molecule has 1 heterocycles. The van der Waals surface area contributed by atoms with Gasteiger partial charge in [-0.25, -0.2) is 0 Å². The summed E-state index contributed by atoms with van der Waals surface area (Å²) in [7, 11) is 0. The second kappa shape index (κ2) is 32.1. The minimum absolute atomic E-state index is 0.199. The maximum absolute atomic E-state index is 12.9. The van der Waals surface area contributed by atoms with Crippen LogP contribution in [0.25, 0.3) is 0 Å². The summed E-state index contributed by atoms with van der Waals surface area (Å²) in [5.74, 6) is -0.199. The van der Waals surface area contributed by atoms with Gasteiger partial charge in [0.15, 0.2) is 6.29 Å². The predicted octanol–water partition coefficient (Wildman–Crippen LogP) is 7.33. The van der Waals surface area contributed by atoms with Crippen LogP contribution in [-0.2, 0) is 14.3 Å². The first-order valence-electron chi connectivity index (χ1n) is 20.2. The summed E-state index contributed by atoms with van der Waals surface area (Å²) in [5.41, 5.74) is 0. The number of unbranched alkanes of at least 4 members (excludes halogenated alkanes) is 18. The van der Waals surface area contributed by atoms with Crippen LogP contribution in [0.15, 0.2) is 36.5 Å². The summed E-state index contributed by atoms with van der Waals surface area (Å²) < 4.78 is 11.1. The van der Waals surface area contributed by atoms with Crippen molar-refractivity contribution in [2.24, 2.45) is 0 Å². The number of aliphatic hydroxyl groups is 5. The highest BCUT2D eigenvalue weighted by Crippen LogP contribution is 2.22. The molecule has 0 radical (unpaired) electrons. The molecular weight excluding hydrogens is 634 g/mol. The van der Waals surface area contributed by atoms with Crippen molar-refractivity contribution in [1.29, 1.82) is 0 Å². The molecule has 6 N–H and O–H groups in total. The summed E-state index contributed by atoms with van der Waals surface area (Å²) in [5, 5.41) is 53.9. The van der Waals surface area contributed by atoms with Gasteiger partial charge in [0.2, 0.25) is 5.91 Å². The second-order valence-corrected chi connectivity index (χ2v) is 14.1. The SMILES string of the molecule is CCCCCC/C=C/CCCCCCCC(=O)N[C@@H](CO[C@@H]1O[C@H](CO)[C@@H](O)C(O)C1O)[C@H](O)/C=C/CC/C=C/CCCCCCCCCC. The molecule has 0 saturated carbocycles. The summed E-state index contributed by atoms with van der Waals surface area (Å²) >= 11 is 0. The Labute approximate surface area is 304 Å². The summed E-state index contributed by atoms with van der Waals surface area (Å²) in [6.45, 7) is 3.70. The Balaban J connectivity index is 2.48. The van der Waals surface area contributed by atoms with Gasteiger partial charge in [-0.05, 0) is 57.8 Å². The van der Waals surface area contributed by atoms with Crippen LogP contribution in [0.4, 0.5) is 0 Å². The zero-order valence-electron chi connectivity index (χ0n) is 31.6. The highest BCUT2D eigenvalue weighted by atomic mass is 16.7. The number of rotatable bonds is 32. The molecule has 9 heteroatoms. The first-order valence-corrected chi connectivity index (χ1v) is 20.2. The molecule has 0 aromatic heterocycles. The number of carbonyl (C=O) groups is 1. The van der Waals surface area contributed by atoms with Gasteiger partial charge in [0.25, 0.3) is 0 Å². The Kier molecular flexibility index (Phi) is 29.8. The molecule has 1 aliphatic rings. The Morgan fingerprint density at radius 1 is 0.660 bits per heavy atom. The number of amides is 1. The quantitative estimate of drug-likeness (QED) is 0.0314. The Bertz CT molecular complexity index is 879. The number of allylic oxidation sites excluding steroid dienone is 5. The molecule has 1 aliphatic heterocycles. The van der Waals surface area contributed by atoms with Crippen molar-refractivity contribution >= 4 is 5.91 Å². The molecule has 9 nitrogen and oxygen atoms in total. The Morgan fingerprint density at radius 3 is 1.70 bits per heavy atom. The molecule has 0 aliphatic carbocycles. The number of carbonyl (C=O) groups excluding carboxylic acids is 1. The number of nitrogens with one attached hydrogen (secondary N) is 1. The molecule has 1 rings (SSSR count). The summed E-state index contributed by atoms with van der Waals surface area (Å²) in [4.78, 5) is 12.9. The van der Waals surface area contributed by atoms with Crippen molar-refractivity contribution in [3.05, 3.63) is 36.5 Å². The van der Waals surface area contributed by atoms with Crippen LogP contribution in [0.2, 0.25) is 0 Å². The fourth-order valence-corrected chi connectivity index (χ4v) is 6.10. The van der Waals surface area contributed by atoms with E-state index in [0.717, 1.165) is 57.8 Å². The van der Waals surface area contributed by atoms with E-state index in [9.17, 15) is 30.3 Å². The molecule has 292 valence electrons. The molecule has 2 unspecified atom stereocenters. The van der Waals surface area contributed by atoms with Gasteiger partial charge >= 0.3 is 0 Å². The maximum Gasteiger partial charge on any atom is 0.220 e. The minimum atomic E-state index is -1.57. The normalized spacial score (nSPS) is 22.6. The minimum Gasteiger partial charge on any atom is -0.394 e. The standard InChI is InChI=1S/C41H75NO8/c1-3-5-7-9-11-13-15-17-19-20-22-24-26-28-30-35(44)34(33-49-41-40(48)39(47)38(46)36(32-43)50-41)42-37(45)31-29-27-25-23-21-18-16-14-12-10-8-6-4-2/h14,16,20,22,28,30,34-36,38-41,43-44,46-48H,3-13,15,17-19,21,23-27,29,31-33H2,1-2H3,(H,42,45)/b16-14+,22-20+,30-28+/t34-,35+,36+,38+,39?,40?,41+/m0/s1. The van der Waals surface area contributed by atoms with Gasteiger partial charge in [-0.1, -0.05) is 134 Å². The number of ether oxygens (including phenoxy) is 2. The van der Waals surface area contributed by atoms with E-state index >= 15 is 0 Å². The summed E-state index contributed by atoms with van der Waals surface area (Å²) in [6, 6.07) is -0.822. The number of aliphatic hydroxyl groups excluding tert-OH is 5. The van der Waals surface area contributed by atoms with Crippen LogP contribution < -0.4 is 5.32 Å². The van der Waals surface area contributed by atoms with Gasteiger partial charge in [-0.2, -0.15) is 0 Å². The highest BCUT2D eigenvalue weighted by molar-refractivity contribution is 5.76. The Hall–Kier alpha value is -1.59. The molecule has 1 saturated heterocycles. The van der Waals surface area contributed by atoms with E-state index in [2.05, 4.69) is 43.5 Å². The molecule has 1 amide bonds. The van der Waals surface area contributed by atoms with Crippen LogP contribution in [0.5, 0.6) is 0 Å². The van der Waals surface area contributed by atoms with E-state index in [1.54, 1.807) is 6.08 Å². The fourth-order valence-electron chi connectivity index (χ4n) is 6.10. The zero-order chi connectivity index (χ0) is 36.7. The smallest absolute Gasteiger partial charge is 0.220 e. The molecular formula is C41H75NO8. The topological polar surface area (TPSA) is 149 Å². The van der Waals surface area contributed by atoms with Gasteiger partial charge < -0.3 is 40.3 Å². The molecule has 0 spiro atoms. The molecule has 0 aromatic rings. The third-order valence-electron chi connectivity index (χ3n) is 9.44. The Morgan fingerprint density at radius 2 is 1.14 bits per heavy atom. The second-order valence-electron chi connectivity index (χ2n) is 14.1. The van der Waals surface area contributed by atoms with E-state index in [0.29, 0.717) is 6.42 Å². The van der Waals surface area contributed by atoms with Crippen LogP contribution >= 0.6 is 0 Å². The number of hydrogen-bond acceptors (Lipinski definition) is 8. The van der Waals surface area contributed by atoms with Crippen molar-refractivity contribution in [2.75, 3.05) is 13.2 Å². The maximum atomic E-state index is 12.9. The average molecular weight is 710 g/mol. The van der Waals surface area contributed by atoms with Gasteiger partial charge in [0.05, 0.1) is 25.4 Å². The van der Waals surface area contributed by atoms with Crippen molar-refractivity contribution in [3.8, 4) is 0 Å². The lowest BCUT2D eigenvalue weighted by Gasteiger charge is -2.40. The zero-order valence-corrected chi connectivity index (χ0v) is 31.6. The van der Waals surface area contributed by atoms with E-state index in [4.69, 9.17) is 9.47 Å². The lowest BCUT2D eigenvalue weighted by atomic mass is 9.99. The van der Waals surface area contributed by atoms with E-state index < -0.39 is 49.5 Å². The molecule has 0 bridgehead atoms. The third-order valence-corrected chi connectivity index (χ3v) is 9.44. The van der Waals surface area contributed by atoms with Crippen molar-refractivity contribution in [3.63, 3.8) is 0 Å². The lowest BCUT2D eigenvalue weighted by Crippen LogP contribution is -2.60. The van der Waals surface area contributed by atoms with Gasteiger partial charge in [0, 0.05) is 6.42 Å². The van der Waals surface area contributed by atoms with E-state index in [1.807, 2.05) is 6.08 Å². The van der Waals surface area contributed by atoms with Crippen LogP contribution in [0.1, 0.15) is 162 Å². The van der Waals surface area contributed by atoms with Crippen LogP contribution in [0, 0.1) is 0 Å². The molecule has 50 heavy (non-hydrogen) atoms. The van der Waals surface area contributed by atoms with Crippen molar-refractivity contribution in [1.82, 2.24) is 5.32 Å². The van der Waals surface area contributed by atoms with Crippen molar-refractivity contribution < 1.29 is 39.8 Å². The number of hydrogen-bond donors (Lipinski definition) is 6. The molecule has 7 atom stereocenters. The van der Waals surface area contributed by atoms with Gasteiger partial charge in [0.1, 0.15) is 24.4 Å². The monoisotopic (exact) mass is 710 g/mol. The van der Waals surface area contributed by atoms with E-state index in [-0.39, 0.29) is 12.5 Å².